The number of benzene rings is 2. The number of hydrogen-bond donors (Lipinski definition) is 2. The molecule has 0 aliphatic heterocycles. The Morgan fingerprint density at radius 3 is 2.55 bits per heavy atom. The molecule has 100 valence electrons. The van der Waals surface area contributed by atoms with Gasteiger partial charge in [0, 0.05) is 12.8 Å². The smallest absolute Gasteiger partial charge is 0.131 e. The quantitative estimate of drug-likeness (QED) is 0.413. The lowest BCUT2D eigenvalue weighted by molar-refractivity contribution is 1.29. The lowest BCUT2D eigenvalue weighted by Crippen LogP contribution is -1.82. The topological polar surface area (TPSA) is 54.7 Å². The molecule has 0 spiro atoms. The highest BCUT2D eigenvalue weighted by molar-refractivity contribution is 14.1. The third-order valence-electron chi connectivity index (χ3n) is 2.89. The molecule has 3 N–H and O–H groups in total. The first-order valence-corrected chi connectivity index (χ1v) is 8.16. The van der Waals surface area contributed by atoms with Gasteiger partial charge in [0.1, 0.15) is 11.3 Å². The van der Waals surface area contributed by atoms with Crippen LogP contribution in [0, 0.1) is 7.14 Å². The first kappa shape index (κ1) is 13.9. The van der Waals surface area contributed by atoms with E-state index < -0.39 is 0 Å². The molecule has 1 aromatic heterocycles. The maximum atomic E-state index is 5.67. The molecule has 20 heavy (non-hydrogen) atoms. The highest BCUT2D eigenvalue weighted by atomic mass is 127. The molecular weight excluding hydrogens is 476 g/mol. The van der Waals surface area contributed by atoms with E-state index in [1.165, 1.54) is 3.57 Å². The molecule has 0 saturated carbocycles. The maximum absolute atomic E-state index is 5.67. The fraction of sp³-hybridized carbons (Fsp3) is 0. The minimum Gasteiger partial charge on any atom is -0.399 e. The molecule has 0 aliphatic rings. The van der Waals surface area contributed by atoms with E-state index in [-0.39, 0.29) is 0 Å². The van der Waals surface area contributed by atoms with Crippen LogP contribution in [0.2, 0.25) is 0 Å². The Morgan fingerprint density at radius 1 is 1.05 bits per heavy atom. The van der Waals surface area contributed by atoms with Crippen molar-refractivity contribution in [3.8, 4) is 0 Å². The second-order valence-corrected chi connectivity index (χ2v) is 6.81. The van der Waals surface area contributed by atoms with Gasteiger partial charge in [-0.1, -0.05) is 18.2 Å². The maximum Gasteiger partial charge on any atom is 0.131 e. The number of nitrogens with two attached hydrogens (primary N) is 1. The van der Waals surface area contributed by atoms with Gasteiger partial charge in [0.2, 0.25) is 0 Å². The average Bonchev–Trinajstić information content (AvgIpc) is 2.81. The number of anilines is 1. The van der Waals surface area contributed by atoms with E-state index in [1.807, 2.05) is 36.4 Å². The first-order valence-electron chi connectivity index (χ1n) is 6.00. The summed E-state index contributed by atoms with van der Waals surface area (Å²) in [6.45, 7) is 0. The largest absolute Gasteiger partial charge is 0.399 e. The fourth-order valence-corrected chi connectivity index (χ4v) is 3.89. The summed E-state index contributed by atoms with van der Waals surface area (Å²) in [5, 5.41) is 0. The lowest BCUT2D eigenvalue weighted by atomic mass is 10.2. The minimum absolute atomic E-state index is 0.773. The molecule has 0 amide bonds. The molecule has 3 rings (SSSR count). The van der Waals surface area contributed by atoms with Gasteiger partial charge in [0.05, 0.1) is 5.52 Å². The number of nitrogens with one attached hydrogen (secondary N) is 1. The molecule has 2 aromatic carbocycles. The lowest BCUT2D eigenvalue weighted by Gasteiger charge is -1.93. The standard InChI is InChI=1S/C15H11I2N3/c16-10-7-12(17)15-13(8-10)19-14(20-15)6-3-9-1-4-11(18)5-2-9/h1-8H,18H2,(H,19,20)/b6-3+. The Hall–Kier alpha value is -1.09. The predicted octanol–water partition coefficient (Wildman–Crippen LogP) is 4.52. The van der Waals surface area contributed by atoms with Crippen molar-refractivity contribution in [2.75, 3.05) is 5.73 Å². The summed E-state index contributed by atoms with van der Waals surface area (Å²) in [5.41, 5.74) is 9.63. The van der Waals surface area contributed by atoms with E-state index in [9.17, 15) is 0 Å². The van der Waals surface area contributed by atoms with Gasteiger partial charge >= 0.3 is 0 Å². The zero-order chi connectivity index (χ0) is 14.1. The van der Waals surface area contributed by atoms with Crippen LogP contribution < -0.4 is 5.73 Å². The highest BCUT2D eigenvalue weighted by Crippen LogP contribution is 2.22. The third kappa shape index (κ3) is 2.98. The van der Waals surface area contributed by atoms with Crippen molar-refractivity contribution >= 4 is 74.1 Å². The number of H-pyrrole nitrogens is 1. The zero-order valence-electron chi connectivity index (χ0n) is 10.4. The van der Waals surface area contributed by atoms with Crippen molar-refractivity contribution in [3.05, 3.63) is 54.9 Å². The van der Waals surface area contributed by atoms with Gasteiger partial charge in [-0.2, -0.15) is 0 Å². The molecule has 0 unspecified atom stereocenters. The monoisotopic (exact) mass is 487 g/mol. The fourth-order valence-electron chi connectivity index (χ4n) is 1.92. The van der Waals surface area contributed by atoms with Crippen LogP contribution in [-0.2, 0) is 0 Å². The molecular formula is C15H11I2N3. The van der Waals surface area contributed by atoms with Crippen LogP contribution >= 0.6 is 45.2 Å². The van der Waals surface area contributed by atoms with E-state index in [2.05, 4.69) is 67.3 Å². The van der Waals surface area contributed by atoms with Gasteiger partial charge in [-0.15, -0.1) is 0 Å². The van der Waals surface area contributed by atoms with Crippen molar-refractivity contribution in [1.29, 1.82) is 0 Å². The second kappa shape index (κ2) is 5.72. The molecule has 0 atom stereocenters. The summed E-state index contributed by atoms with van der Waals surface area (Å²) < 4.78 is 2.37. The van der Waals surface area contributed by atoms with E-state index in [0.29, 0.717) is 0 Å². The van der Waals surface area contributed by atoms with Crippen LogP contribution in [0.1, 0.15) is 11.4 Å². The number of nitrogens with zero attached hydrogens (tertiary/aromatic N) is 1. The average molecular weight is 487 g/mol. The Bertz CT molecular complexity index is 789. The molecule has 0 aliphatic carbocycles. The normalized spacial score (nSPS) is 11.5. The Balaban J connectivity index is 1.95. The highest BCUT2D eigenvalue weighted by Gasteiger charge is 2.05. The zero-order valence-corrected chi connectivity index (χ0v) is 14.7. The predicted molar refractivity (Wildman–Crippen MR) is 101 cm³/mol. The van der Waals surface area contributed by atoms with Crippen molar-refractivity contribution in [1.82, 2.24) is 9.97 Å². The number of aromatic amines is 1. The molecule has 0 radical (unpaired) electrons. The van der Waals surface area contributed by atoms with Crippen molar-refractivity contribution in [2.24, 2.45) is 0 Å². The Labute approximate surface area is 144 Å². The van der Waals surface area contributed by atoms with Crippen LogP contribution in [0.5, 0.6) is 0 Å². The van der Waals surface area contributed by atoms with E-state index in [4.69, 9.17) is 5.73 Å². The van der Waals surface area contributed by atoms with E-state index >= 15 is 0 Å². The first-order chi connectivity index (χ1) is 9.61. The minimum atomic E-state index is 0.773. The van der Waals surface area contributed by atoms with Crippen LogP contribution in [0.25, 0.3) is 23.2 Å². The number of halogens is 2. The SMILES string of the molecule is Nc1ccc(/C=C/c2nc3c(I)cc(I)cc3[nH]2)cc1. The van der Waals surface area contributed by atoms with Crippen molar-refractivity contribution in [3.63, 3.8) is 0 Å². The Morgan fingerprint density at radius 2 is 1.80 bits per heavy atom. The van der Waals surface area contributed by atoms with E-state index in [0.717, 1.165) is 31.7 Å². The number of aromatic nitrogens is 2. The van der Waals surface area contributed by atoms with Gasteiger partial charge in [-0.25, -0.2) is 4.98 Å². The second-order valence-electron chi connectivity index (χ2n) is 4.41. The van der Waals surface area contributed by atoms with Gasteiger partial charge in [0.15, 0.2) is 0 Å². The summed E-state index contributed by atoms with van der Waals surface area (Å²) >= 11 is 4.63. The van der Waals surface area contributed by atoms with Crippen LogP contribution in [0.4, 0.5) is 5.69 Å². The number of nitrogen functional groups attached to an aromatic ring is 1. The summed E-state index contributed by atoms with van der Waals surface area (Å²) in [4.78, 5) is 7.93. The summed E-state index contributed by atoms with van der Waals surface area (Å²) in [7, 11) is 0. The van der Waals surface area contributed by atoms with Crippen molar-refractivity contribution in [2.45, 2.75) is 0 Å². The summed E-state index contributed by atoms with van der Waals surface area (Å²) in [5.74, 6) is 0.858. The number of rotatable bonds is 2. The summed E-state index contributed by atoms with van der Waals surface area (Å²) in [6.07, 6.45) is 4.00. The van der Waals surface area contributed by atoms with Gasteiger partial charge < -0.3 is 10.7 Å². The van der Waals surface area contributed by atoms with Crippen LogP contribution in [0.15, 0.2) is 36.4 Å². The summed E-state index contributed by atoms with van der Waals surface area (Å²) in [6, 6.07) is 12.0. The molecule has 0 saturated heterocycles. The molecule has 3 aromatic rings. The Kier molecular flexibility index (Phi) is 3.97. The number of hydrogen-bond acceptors (Lipinski definition) is 2. The van der Waals surface area contributed by atoms with E-state index in [1.54, 1.807) is 0 Å². The third-order valence-corrected chi connectivity index (χ3v) is 4.34. The van der Waals surface area contributed by atoms with Crippen molar-refractivity contribution < 1.29 is 0 Å². The van der Waals surface area contributed by atoms with Crippen LogP contribution in [0.3, 0.4) is 0 Å². The molecule has 3 nitrogen and oxygen atoms in total. The number of imidazole rings is 1. The number of fused-ring (bicyclic) bond motifs is 1. The van der Waals surface area contributed by atoms with Gasteiger partial charge in [-0.05, 0) is 81.1 Å². The molecule has 1 heterocycles. The van der Waals surface area contributed by atoms with Gasteiger partial charge in [-0.3, -0.25) is 0 Å². The molecule has 5 heteroatoms. The molecule has 0 bridgehead atoms. The van der Waals surface area contributed by atoms with Gasteiger partial charge in [0.25, 0.3) is 0 Å². The molecule has 0 fully saturated rings. The van der Waals surface area contributed by atoms with Crippen LogP contribution in [-0.4, -0.2) is 9.97 Å².